The van der Waals surface area contributed by atoms with Crippen LogP contribution < -0.4 is 16.3 Å². The van der Waals surface area contributed by atoms with Gasteiger partial charge in [0.05, 0.1) is 5.52 Å². The average Bonchev–Trinajstić information content (AvgIpc) is 2.52. The van der Waals surface area contributed by atoms with Gasteiger partial charge in [-0.25, -0.2) is 24.3 Å². The number of amides is 2. The van der Waals surface area contributed by atoms with E-state index in [9.17, 15) is 14.0 Å². The minimum Gasteiger partial charge on any atom is -0.307 e. The van der Waals surface area contributed by atoms with Gasteiger partial charge in [0.25, 0.3) is 5.56 Å². The molecular formula is C15H10ClFN4O2. The fourth-order valence-electron chi connectivity index (χ4n) is 2.01. The van der Waals surface area contributed by atoms with Gasteiger partial charge in [0, 0.05) is 10.7 Å². The molecule has 0 unspecified atom stereocenters. The molecule has 1 heterocycles. The lowest BCUT2D eigenvalue weighted by Gasteiger charge is -2.10. The minimum absolute atomic E-state index is 0.193. The van der Waals surface area contributed by atoms with Crippen molar-refractivity contribution in [2.24, 2.45) is 0 Å². The molecule has 2 aromatic carbocycles. The maximum atomic E-state index is 13.8. The smallest absolute Gasteiger partial charge is 0.307 e. The summed E-state index contributed by atoms with van der Waals surface area (Å²) in [4.78, 5) is 28.0. The fourth-order valence-corrected chi connectivity index (χ4v) is 2.13. The van der Waals surface area contributed by atoms with Crippen molar-refractivity contribution in [3.05, 3.63) is 70.0 Å². The molecule has 0 spiro atoms. The molecule has 0 aliphatic carbocycles. The van der Waals surface area contributed by atoms with Crippen LogP contribution in [0.1, 0.15) is 0 Å². The maximum absolute atomic E-state index is 13.8. The highest BCUT2D eigenvalue weighted by Gasteiger charge is 2.10. The molecule has 23 heavy (non-hydrogen) atoms. The molecule has 6 nitrogen and oxygen atoms in total. The van der Waals surface area contributed by atoms with E-state index >= 15 is 0 Å². The molecule has 3 rings (SSSR count). The molecular weight excluding hydrogens is 323 g/mol. The highest BCUT2D eigenvalue weighted by atomic mass is 35.5. The van der Waals surface area contributed by atoms with Gasteiger partial charge < -0.3 is 5.32 Å². The first-order chi connectivity index (χ1) is 11.0. The van der Waals surface area contributed by atoms with Crippen molar-refractivity contribution in [2.75, 3.05) is 10.7 Å². The Morgan fingerprint density at radius 2 is 1.91 bits per heavy atom. The third kappa shape index (κ3) is 3.14. The maximum Gasteiger partial charge on any atom is 0.338 e. The summed E-state index contributed by atoms with van der Waals surface area (Å²) in [5.74, 6) is -0.700. The van der Waals surface area contributed by atoms with Crippen LogP contribution in [-0.2, 0) is 0 Å². The summed E-state index contributed by atoms with van der Waals surface area (Å²) in [6, 6.07) is 9.86. The topological polar surface area (TPSA) is 76.0 Å². The predicted octanol–water partition coefficient (Wildman–Crippen LogP) is 2.96. The molecule has 0 atom stereocenters. The summed E-state index contributed by atoms with van der Waals surface area (Å²) in [5.41, 5.74) is 2.28. The van der Waals surface area contributed by atoms with Crippen LogP contribution in [0.25, 0.3) is 10.9 Å². The first-order valence-corrected chi connectivity index (χ1v) is 6.92. The second-order valence-corrected chi connectivity index (χ2v) is 5.06. The van der Waals surface area contributed by atoms with Crippen LogP contribution in [-0.4, -0.2) is 15.7 Å². The summed E-state index contributed by atoms with van der Waals surface area (Å²) in [6.45, 7) is 0. The number of rotatable bonds is 2. The zero-order chi connectivity index (χ0) is 16.4. The first kappa shape index (κ1) is 15.0. The number of hydrogen-bond acceptors (Lipinski definition) is 3. The summed E-state index contributed by atoms with van der Waals surface area (Å²) < 4.78 is 14.6. The second kappa shape index (κ2) is 6.05. The molecule has 8 heteroatoms. The lowest BCUT2D eigenvalue weighted by atomic mass is 10.2. The van der Waals surface area contributed by atoms with E-state index in [1.807, 2.05) is 0 Å². The molecule has 0 aliphatic rings. The van der Waals surface area contributed by atoms with Crippen LogP contribution in [0.3, 0.4) is 0 Å². The van der Waals surface area contributed by atoms with E-state index in [-0.39, 0.29) is 10.9 Å². The van der Waals surface area contributed by atoms with Crippen LogP contribution in [0.5, 0.6) is 0 Å². The third-order valence-electron chi connectivity index (χ3n) is 3.06. The standard InChI is InChI=1S/C15H10ClFN4O2/c16-9-4-6-10(7-5-9)19-15(23)20-21-8-18-12-3-1-2-11(17)13(12)14(21)22/h1-8H,(H2,19,20,23). The summed E-state index contributed by atoms with van der Waals surface area (Å²) >= 11 is 5.75. The van der Waals surface area contributed by atoms with Gasteiger partial charge in [0.15, 0.2) is 0 Å². The van der Waals surface area contributed by atoms with Gasteiger partial charge >= 0.3 is 6.03 Å². The number of anilines is 1. The van der Waals surface area contributed by atoms with E-state index in [4.69, 9.17) is 11.6 Å². The van der Waals surface area contributed by atoms with Crippen LogP contribution in [0, 0.1) is 5.82 Å². The largest absolute Gasteiger partial charge is 0.338 e. The monoisotopic (exact) mass is 332 g/mol. The summed E-state index contributed by atoms with van der Waals surface area (Å²) in [5, 5.41) is 2.85. The molecule has 0 saturated heterocycles. The van der Waals surface area contributed by atoms with Crippen molar-refractivity contribution in [1.29, 1.82) is 0 Å². The first-order valence-electron chi connectivity index (χ1n) is 6.54. The molecule has 0 saturated carbocycles. The number of halogens is 2. The molecule has 2 N–H and O–H groups in total. The Labute approximate surface area is 134 Å². The van der Waals surface area contributed by atoms with Gasteiger partial charge in [-0.05, 0) is 36.4 Å². The van der Waals surface area contributed by atoms with E-state index in [1.165, 1.54) is 12.1 Å². The predicted molar refractivity (Wildman–Crippen MR) is 85.8 cm³/mol. The zero-order valence-corrected chi connectivity index (χ0v) is 12.3. The van der Waals surface area contributed by atoms with Crippen LogP contribution in [0.4, 0.5) is 14.9 Å². The van der Waals surface area contributed by atoms with E-state index in [0.717, 1.165) is 17.1 Å². The Morgan fingerprint density at radius 3 is 2.65 bits per heavy atom. The van der Waals surface area contributed by atoms with Gasteiger partial charge in [-0.3, -0.25) is 4.79 Å². The highest BCUT2D eigenvalue weighted by molar-refractivity contribution is 6.30. The summed E-state index contributed by atoms with van der Waals surface area (Å²) in [6.07, 6.45) is 1.12. The number of fused-ring (bicyclic) bond motifs is 1. The SMILES string of the molecule is O=C(Nc1ccc(Cl)cc1)Nn1cnc2cccc(F)c2c1=O. The number of carbonyl (C=O) groups is 1. The Kier molecular flexibility index (Phi) is 3.94. The highest BCUT2D eigenvalue weighted by Crippen LogP contribution is 2.13. The number of nitrogens with one attached hydrogen (secondary N) is 2. The average molecular weight is 333 g/mol. The zero-order valence-electron chi connectivity index (χ0n) is 11.6. The molecule has 1 aromatic heterocycles. The molecule has 0 aliphatic heterocycles. The second-order valence-electron chi connectivity index (χ2n) is 4.63. The number of hydrogen-bond donors (Lipinski definition) is 2. The van der Waals surface area contributed by atoms with Gasteiger partial charge in [-0.2, -0.15) is 0 Å². The molecule has 0 radical (unpaired) electrons. The van der Waals surface area contributed by atoms with Crippen molar-refractivity contribution in [3.8, 4) is 0 Å². The number of aromatic nitrogens is 2. The van der Waals surface area contributed by atoms with Gasteiger partial charge in [-0.1, -0.05) is 17.7 Å². The van der Waals surface area contributed by atoms with Crippen molar-refractivity contribution >= 4 is 34.2 Å². The minimum atomic E-state index is -0.709. The van der Waals surface area contributed by atoms with Crippen molar-refractivity contribution < 1.29 is 9.18 Å². The van der Waals surface area contributed by atoms with Gasteiger partial charge in [-0.15, -0.1) is 0 Å². The Morgan fingerprint density at radius 1 is 1.17 bits per heavy atom. The molecule has 2 amide bonds. The van der Waals surface area contributed by atoms with E-state index < -0.39 is 17.4 Å². The van der Waals surface area contributed by atoms with Crippen LogP contribution >= 0.6 is 11.6 Å². The van der Waals surface area contributed by atoms with E-state index in [1.54, 1.807) is 24.3 Å². The quantitative estimate of drug-likeness (QED) is 0.757. The van der Waals surface area contributed by atoms with Crippen LogP contribution in [0.15, 0.2) is 53.6 Å². The van der Waals surface area contributed by atoms with Gasteiger partial charge in [0.2, 0.25) is 0 Å². The number of benzene rings is 2. The molecule has 0 fully saturated rings. The number of carbonyl (C=O) groups excluding carboxylic acids is 1. The van der Waals surface area contributed by atoms with E-state index in [2.05, 4.69) is 15.7 Å². The Bertz CT molecular complexity index is 940. The molecule has 0 bridgehead atoms. The number of nitrogens with zero attached hydrogens (tertiary/aromatic N) is 2. The van der Waals surface area contributed by atoms with Crippen LogP contribution in [0.2, 0.25) is 5.02 Å². The fraction of sp³-hybridized carbons (Fsp3) is 0. The molecule has 116 valence electrons. The lowest BCUT2D eigenvalue weighted by Crippen LogP contribution is -2.36. The Hall–Kier alpha value is -2.93. The summed E-state index contributed by atoms with van der Waals surface area (Å²) in [7, 11) is 0. The lowest BCUT2D eigenvalue weighted by molar-refractivity contribution is 0.259. The van der Waals surface area contributed by atoms with Gasteiger partial charge in [0.1, 0.15) is 17.5 Å². The van der Waals surface area contributed by atoms with Crippen molar-refractivity contribution in [2.45, 2.75) is 0 Å². The number of urea groups is 1. The molecule has 3 aromatic rings. The van der Waals surface area contributed by atoms with E-state index in [0.29, 0.717) is 10.7 Å². The normalized spacial score (nSPS) is 10.5. The van der Waals surface area contributed by atoms with Crippen molar-refractivity contribution in [3.63, 3.8) is 0 Å². The van der Waals surface area contributed by atoms with Crippen molar-refractivity contribution in [1.82, 2.24) is 9.66 Å². The third-order valence-corrected chi connectivity index (χ3v) is 3.31. The Balaban J connectivity index is 1.85.